The van der Waals surface area contributed by atoms with E-state index in [-0.39, 0.29) is 47.8 Å². The second-order valence-corrected chi connectivity index (χ2v) is 17.4. The number of hydrogen-bond acceptors (Lipinski definition) is 7. The number of nitrogens with one attached hydrogen (secondary N) is 4. The van der Waals surface area contributed by atoms with Gasteiger partial charge < -0.3 is 40.2 Å². The van der Waals surface area contributed by atoms with Gasteiger partial charge in [0, 0.05) is 17.6 Å². The molecule has 9 rings (SSSR count). The zero-order valence-corrected chi connectivity index (χ0v) is 33.8. The molecule has 4 amide bonds. The minimum absolute atomic E-state index is 0.100. The summed E-state index contributed by atoms with van der Waals surface area (Å²) < 4.78 is 4.80. The first-order valence-corrected chi connectivity index (χ1v) is 20.6. The van der Waals surface area contributed by atoms with E-state index in [0.29, 0.717) is 11.8 Å². The number of rotatable bonds is 11. The summed E-state index contributed by atoms with van der Waals surface area (Å²) in [4.78, 5) is 71.2. The van der Waals surface area contributed by atoms with Crippen LogP contribution >= 0.6 is 0 Å². The van der Waals surface area contributed by atoms with Crippen molar-refractivity contribution in [3.8, 4) is 33.6 Å². The van der Waals surface area contributed by atoms with E-state index < -0.39 is 24.3 Å². The number of fused-ring (bicyclic) bond motifs is 3. The lowest BCUT2D eigenvalue weighted by atomic mass is 9.98. The van der Waals surface area contributed by atoms with E-state index in [1.165, 1.54) is 7.11 Å². The van der Waals surface area contributed by atoms with Crippen molar-refractivity contribution in [1.29, 1.82) is 0 Å². The third-order valence-electron chi connectivity index (χ3n) is 12.8. The van der Waals surface area contributed by atoms with Crippen LogP contribution in [0.5, 0.6) is 0 Å². The number of amides is 4. The zero-order chi connectivity index (χ0) is 41.3. The van der Waals surface area contributed by atoms with Crippen LogP contribution in [0.15, 0.2) is 73.1 Å². The maximum atomic E-state index is 13.8. The number of nitrogens with zero attached hydrogens (tertiary/aromatic N) is 4. The summed E-state index contributed by atoms with van der Waals surface area (Å²) in [5.74, 6) is 1.77. The highest BCUT2D eigenvalue weighted by molar-refractivity contribution is 5.91. The Morgan fingerprint density at radius 2 is 1.12 bits per heavy atom. The number of carbonyl (C=O) groups excluding carboxylic acids is 3. The summed E-state index contributed by atoms with van der Waals surface area (Å²) in [7, 11) is 1.30. The summed E-state index contributed by atoms with van der Waals surface area (Å²) in [5.41, 5.74) is 5.88. The standard InChI is InChI=1S/C45H50N8O6/c1-22(2)38(50-44(56)57)42(54)52-34-16-30(34)18-36(52)40-46-20-32(48-40)25-8-6-24(7-9-25)26-10-11-28-15-29(13-12-27(28)14-26)33-21-47-41(49-33)37-19-31-17-35(31)53(37)43(55)39(23(3)4)51-45(58)59-5/h6-15,20-23,30-31,34-39,50H,16-19H2,1-5H3,(H,46,48)(H,47,49)(H,51,58)(H,56,57)/t30-,31-,34-,35-,36+,37+,38+,39+/m1/s1. The van der Waals surface area contributed by atoms with Gasteiger partial charge in [0.1, 0.15) is 23.7 Å². The quantitative estimate of drug-likeness (QED) is 0.0923. The lowest BCUT2D eigenvalue weighted by Crippen LogP contribution is -2.52. The Hall–Kier alpha value is -6.18. The molecule has 4 aliphatic rings. The van der Waals surface area contributed by atoms with Crippen molar-refractivity contribution in [3.63, 3.8) is 0 Å². The molecule has 14 heteroatoms. The molecular weight excluding hydrogens is 749 g/mol. The lowest BCUT2D eigenvalue weighted by Gasteiger charge is -2.31. The Labute approximate surface area is 342 Å². The first-order chi connectivity index (χ1) is 28.4. The number of methoxy groups -OCH3 is 1. The minimum atomic E-state index is -1.20. The predicted molar refractivity (Wildman–Crippen MR) is 221 cm³/mol. The molecule has 2 saturated carbocycles. The van der Waals surface area contributed by atoms with E-state index in [2.05, 4.69) is 81.3 Å². The number of likely N-dealkylation sites (tertiary alicyclic amines) is 2. The number of benzene rings is 3. The molecule has 4 heterocycles. The molecule has 5 N–H and O–H groups in total. The summed E-state index contributed by atoms with van der Waals surface area (Å²) in [5, 5.41) is 16.7. The van der Waals surface area contributed by atoms with Crippen molar-refractivity contribution in [3.05, 3.63) is 84.7 Å². The number of imidazole rings is 2. The van der Waals surface area contributed by atoms with Crippen LogP contribution in [0.1, 0.15) is 77.1 Å². The number of ether oxygens (including phenoxy) is 1. The molecule has 5 aromatic rings. The van der Waals surface area contributed by atoms with Crippen LogP contribution in [0, 0.1) is 23.7 Å². The molecule has 3 aromatic carbocycles. The topological polar surface area (TPSA) is 186 Å². The van der Waals surface area contributed by atoms with Crippen LogP contribution in [-0.4, -0.2) is 90.1 Å². The maximum Gasteiger partial charge on any atom is 0.407 e. The number of aromatic amines is 2. The van der Waals surface area contributed by atoms with E-state index in [9.17, 15) is 24.3 Å². The van der Waals surface area contributed by atoms with Gasteiger partial charge in [-0.2, -0.15) is 0 Å². The lowest BCUT2D eigenvalue weighted by molar-refractivity contribution is -0.137. The smallest absolute Gasteiger partial charge is 0.407 e. The first kappa shape index (κ1) is 38.3. The Morgan fingerprint density at radius 1 is 0.661 bits per heavy atom. The van der Waals surface area contributed by atoms with E-state index in [0.717, 1.165) is 81.7 Å². The Bertz CT molecular complexity index is 2440. The Kier molecular flexibility index (Phi) is 9.67. The van der Waals surface area contributed by atoms with Crippen molar-refractivity contribution in [2.24, 2.45) is 23.7 Å². The van der Waals surface area contributed by atoms with Gasteiger partial charge >= 0.3 is 12.2 Å². The van der Waals surface area contributed by atoms with E-state index in [1.54, 1.807) is 0 Å². The van der Waals surface area contributed by atoms with Gasteiger partial charge in [-0.25, -0.2) is 19.6 Å². The maximum absolute atomic E-state index is 13.8. The molecule has 0 spiro atoms. The van der Waals surface area contributed by atoms with Crippen molar-refractivity contribution in [1.82, 2.24) is 40.4 Å². The second-order valence-electron chi connectivity index (χ2n) is 17.4. The molecule has 0 bridgehead atoms. The van der Waals surface area contributed by atoms with Gasteiger partial charge in [0.15, 0.2) is 0 Å². The fourth-order valence-electron chi connectivity index (χ4n) is 9.44. The van der Waals surface area contributed by atoms with Crippen LogP contribution in [0.25, 0.3) is 44.4 Å². The number of H-pyrrole nitrogens is 2. The number of hydrogen-bond donors (Lipinski definition) is 5. The third-order valence-corrected chi connectivity index (χ3v) is 12.8. The summed E-state index contributed by atoms with van der Waals surface area (Å²) in [6.07, 6.45) is 5.40. The van der Waals surface area contributed by atoms with Crippen molar-refractivity contribution < 1.29 is 29.0 Å². The molecule has 2 aromatic heterocycles. The van der Waals surface area contributed by atoms with Gasteiger partial charge in [0.2, 0.25) is 11.8 Å². The molecule has 2 aliphatic carbocycles. The van der Waals surface area contributed by atoms with Crippen molar-refractivity contribution in [2.75, 3.05) is 7.11 Å². The van der Waals surface area contributed by atoms with Gasteiger partial charge in [-0.1, -0.05) is 76.2 Å². The fourth-order valence-corrected chi connectivity index (χ4v) is 9.44. The highest BCUT2D eigenvalue weighted by atomic mass is 16.5. The molecule has 306 valence electrons. The number of alkyl carbamates (subject to hydrolysis) is 1. The van der Waals surface area contributed by atoms with Crippen molar-refractivity contribution >= 4 is 34.8 Å². The molecule has 2 saturated heterocycles. The van der Waals surface area contributed by atoms with E-state index in [1.807, 2.05) is 49.9 Å². The normalized spacial score (nSPS) is 23.8. The summed E-state index contributed by atoms with van der Waals surface area (Å²) >= 11 is 0. The van der Waals surface area contributed by atoms with Gasteiger partial charge in [-0.15, -0.1) is 0 Å². The van der Waals surface area contributed by atoms with Gasteiger partial charge in [-0.05, 0) is 89.0 Å². The van der Waals surface area contributed by atoms with Crippen LogP contribution in [0.4, 0.5) is 9.59 Å². The summed E-state index contributed by atoms with van der Waals surface area (Å²) in [6, 6.07) is 19.5. The fraction of sp³-hybridized carbons (Fsp3) is 0.422. The van der Waals surface area contributed by atoms with E-state index in [4.69, 9.17) is 14.7 Å². The first-order valence-electron chi connectivity index (χ1n) is 20.6. The van der Waals surface area contributed by atoms with Crippen molar-refractivity contribution in [2.45, 2.75) is 89.6 Å². The molecule has 4 fully saturated rings. The van der Waals surface area contributed by atoms with Gasteiger partial charge in [0.05, 0.1) is 43.0 Å². The van der Waals surface area contributed by atoms with Crippen LogP contribution < -0.4 is 10.6 Å². The second kappa shape index (κ2) is 14.9. The number of aromatic nitrogens is 4. The van der Waals surface area contributed by atoms with Crippen LogP contribution in [0.3, 0.4) is 0 Å². The SMILES string of the molecule is COC(=O)N[C@H](C(=O)N1[C@@H]2C[C@@H]2C[C@H]1c1ncc(-c2ccc3cc(-c4ccc(-c5cnc([C@@H]6C[C@H]7C[C@H]7N6C(=O)[C@@H](NC(=O)O)C(C)C)[nH]5)cc4)ccc3c2)[nH]1)C(C)C. The average molecular weight is 799 g/mol. The van der Waals surface area contributed by atoms with Crippen LogP contribution in [-0.2, 0) is 14.3 Å². The molecular formula is C45H50N8O6. The third kappa shape index (κ3) is 7.18. The monoisotopic (exact) mass is 798 g/mol. The zero-order valence-electron chi connectivity index (χ0n) is 33.8. The summed E-state index contributed by atoms with van der Waals surface area (Å²) in [6.45, 7) is 7.55. The Morgan fingerprint density at radius 3 is 1.63 bits per heavy atom. The molecule has 0 unspecified atom stereocenters. The number of piperidine rings is 2. The predicted octanol–water partition coefficient (Wildman–Crippen LogP) is 7.28. The highest BCUT2D eigenvalue weighted by Crippen LogP contribution is 2.54. The van der Waals surface area contributed by atoms with Gasteiger partial charge in [0.25, 0.3) is 0 Å². The van der Waals surface area contributed by atoms with E-state index >= 15 is 0 Å². The largest absolute Gasteiger partial charge is 0.465 e. The van der Waals surface area contributed by atoms with Gasteiger partial charge in [-0.3, -0.25) is 9.59 Å². The molecule has 8 atom stereocenters. The average Bonchev–Trinajstić information content (AvgIpc) is 3.81. The highest BCUT2D eigenvalue weighted by Gasteiger charge is 2.57. The Balaban J connectivity index is 0.883. The number of carboxylic acid groups (broad SMARTS) is 1. The minimum Gasteiger partial charge on any atom is -0.465 e. The molecule has 0 radical (unpaired) electrons. The molecule has 59 heavy (non-hydrogen) atoms. The molecule has 14 nitrogen and oxygen atoms in total. The number of carbonyl (C=O) groups is 4. The van der Waals surface area contributed by atoms with Crippen LogP contribution in [0.2, 0.25) is 0 Å². The molecule has 2 aliphatic heterocycles.